The molecule has 0 radical (unpaired) electrons. The van der Waals surface area contributed by atoms with Gasteiger partial charge in [0.2, 0.25) is 5.91 Å². The molecule has 0 spiro atoms. The fourth-order valence-electron chi connectivity index (χ4n) is 1.73. The van der Waals surface area contributed by atoms with Gasteiger partial charge in [-0.3, -0.25) is 4.79 Å². The predicted molar refractivity (Wildman–Crippen MR) is 51.1 cm³/mol. The van der Waals surface area contributed by atoms with Crippen molar-refractivity contribution < 1.29 is 13.6 Å². The summed E-state index contributed by atoms with van der Waals surface area (Å²) in [5.74, 6) is -1.90. The van der Waals surface area contributed by atoms with E-state index in [1.54, 1.807) is 0 Å². The van der Waals surface area contributed by atoms with Gasteiger partial charge in [-0.25, -0.2) is 8.78 Å². The van der Waals surface area contributed by atoms with Crippen LogP contribution >= 0.6 is 0 Å². The molecule has 1 saturated heterocycles. The molecule has 5 heteroatoms. The van der Waals surface area contributed by atoms with Gasteiger partial charge in [0, 0.05) is 18.9 Å². The summed E-state index contributed by atoms with van der Waals surface area (Å²) in [6.45, 7) is 0.376. The minimum absolute atomic E-state index is 0.123. The quantitative estimate of drug-likeness (QED) is 0.686. The summed E-state index contributed by atoms with van der Waals surface area (Å²) < 4.78 is 26.4. The van der Waals surface area contributed by atoms with Gasteiger partial charge in [-0.1, -0.05) is 6.07 Å². The minimum atomic E-state index is -0.770. The van der Waals surface area contributed by atoms with Crippen molar-refractivity contribution in [1.29, 1.82) is 0 Å². The molecule has 1 amide bonds. The largest absolute Gasteiger partial charge is 0.394 e. The molecule has 80 valence electrons. The van der Waals surface area contributed by atoms with Crippen molar-refractivity contribution in [3.63, 3.8) is 0 Å². The SMILES string of the molecule is Nc1c(F)ccc(C2CNC(=O)C2)c1F. The summed E-state index contributed by atoms with van der Waals surface area (Å²) in [4.78, 5) is 11.0. The normalized spacial score (nSPS) is 20.4. The minimum Gasteiger partial charge on any atom is -0.394 e. The molecule has 3 N–H and O–H groups in total. The first kappa shape index (κ1) is 9.89. The van der Waals surface area contributed by atoms with E-state index in [4.69, 9.17) is 5.73 Å². The van der Waals surface area contributed by atoms with E-state index < -0.39 is 17.3 Å². The van der Waals surface area contributed by atoms with E-state index in [-0.39, 0.29) is 18.2 Å². The molecule has 1 unspecified atom stereocenters. The number of benzene rings is 1. The van der Waals surface area contributed by atoms with Crippen LogP contribution in [0.15, 0.2) is 12.1 Å². The predicted octanol–water partition coefficient (Wildman–Crippen LogP) is 1.15. The van der Waals surface area contributed by atoms with Gasteiger partial charge in [-0.15, -0.1) is 0 Å². The van der Waals surface area contributed by atoms with Gasteiger partial charge in [0.25, 0.3) is 0 Å². The number of halogens is 2. The number of rotatable bonds is 1. The third-order valence-corrected chi connectivity index (χ3v) is 2.57. The van der Waals surface area contributed by atoms with E-state index in [1.165, 1.54) is 6.07 Å². The number of nitrogens with two attached hydrogens (primary N) is 1. The molecule has 0 bridgehead atoms. The van der Waals surface area contributed by atoms with Crippen molar-refractivity contribution in [3.8, 4) is 0 Å². The molecular weight excluding hydrogens is 202 g/mol. The average molecular weight is 212 g/mol. The van der Waals surface area contributed by atoms with Crippen molar-refractivity contribution in [3.05, 3.63) is 29.3 Å². The fraction of sp³-hybridized carbons (Fsp3) is 0.300. The maximum Gasteiger partial charge on any atom is 0.220 e. The molecule has 1 atom stereocenters. The lowest BCUT2D eigenvalue weighted by Gasteiger charge is -2.10. The molecule has 1 aromatic carbocycles. The lowest BCUT2D eigenvalue weighted by molar-refractivity contribution is -0.119. The standard InChI is InChI=1S/C10H10F2N2O/c11-7-2-1-6(9(12)10(7)13)5-3-8(15)14-4-5/h1-2,5H,3-4,13H2,(H,14,15). The van der Waals surface area contributed by atoms with E-state index in [0.717, 1.165) is 6.07 Å². The van der Waals surface area contributed by atoms with Crippen LogP contribution in [0.5, 0.6) is 0 Å². The van der Waals surface area contributed by atoms with Gasteiger partial charge in [-0.2, -0.15) is 0 Å². The van der Waals surface area contributed by atoms with E-state index in [0.29, 0.717) is 12.1 Å². The summed E-state index contributed by atoms with van der Waals surface area (Å²) in [5.41, 5.74) is 5.05. The Labute approximate surface area is 85.3 Å². The number of hydrogen-bond donors (Lipinski definition) is 2. The highest BCUT2D eigenvalue weighted by atomic mass is 19.1. The summed E-state index contributed by atoms with van der Waals surface area (Å²) in [7, 11) is 0. The molecule has 15 heavy (non-hydrogen) atoms. The van der Waals surface area contributed by atoms with Gasteiger partial charge in [0.1, 0.15) is 11.5 Å². The molecule has 1 heterocycles. The molecular formula is C10H10F2N2O. The van der Waals surface area contributed by atoms with Crippen LogP contribution in [0.2, 0.25) is 0 Å². The molecule has 0 saturated carbocycles. The van der Waals surface area contributed by atoms with Crippen LogP contribution in [0.4, 0.5) is 14.5 Å². The lowest BCUT2D eigenvalue weighted by atomic mass is 9.97. The number of hydrogen-bond acceptors (Lipinski definition) is 2. The summed E-state index contributed by atoms with van der Waals surface area (Å²) >= 11 is 0. The molecule has 2 rings (SSSR count). The van der Waals surface area contributed by atoms with Gasteiger partial charge in [0.05, 0.1) is 0 Å². The second-order valence-electron chi connectivity index (χ2n) is 3.57. The van der Waals surface area contributed by atoms with Crippen molar-refractivity contribution in [2.24, 2.45) is 0 Å². The number of carbonyl (C=O) groups excluding carboxylic acids is 1. The Balaban J connectivity index is 2.37. The Hall–Kier alpha value is -1.65. The van der Waals surface area contributed by atoms with Crippen LogP contribution in [0.1, 0.15) is 17.9 Å². The second kappa shape index (κ2) is 3.49. The second-order valence-corrected chi connectivity index (χ2v) is 3.57. The molecule has 1 aliphatic heterocycles. The summed E-state index contributed by atoms with van der Waals surface area (Å²) in [5, 5.41) is 2.59. The maximum atomic E-state index is 13.5. The fourth-order valence-corrected chi connectivity index (χ4v) is 1.73. The highest BCUT2D eigenvalue weighted by Crippen LogP contribution is 2.29. The number of nitrogens with one attached hydrogen (secondary N) is 1. The van der Waals surface area contributed by atoms with Gasteiger partial charge >= 0.3 is 0 Å². The monoisotopic (exact) mass is 212 g/mol. The average Bonchev–Trinajstić information content (AvgIpc) is 2.61. The Morgan fingerprint density at radius 1 is 1.40 bits per heavy atom. The van der Waals surface area contributed by atoms with Crippen molar-refractivity contribution in [1.82, 2.24) is 5.32 Å². The molecule has 3 nitrogen and oxygen atoms in total. The smallest absolute Gasteiger partial charge is 0.220 e. The first-order valence-corrected chi connectivity index (χ1v) is 4.59. The van der Waals surface area contributed by atoms with E-state index in [1.807, 2.05) is 0 Å². The summed E-state index contributed by atoms with van der Waals surface area (Å²) in [6, 6.07) is 2.46. The number of nitrogen functional groups attached to an aromatic ring is 1. The third-order valence-electron chi connectivity index (χ3n) is 2.57. The number of carbonyl (C=O) groups is 1. The van der Waals surface area contributed by atoms with Crippen LogP contribution in [-0.4, -0.2) is 12.5 Å². The van der Waals surface area contributed by atoms with Crippen LogP contribution in [0.3, 0.4) is 0 Å². The molecule has 1 aliphatic rings. The first-order chi connectivity index (χ1) is 7.09. The zero-order chi connectivity index (χ0) is 11.0. The Morgan fingerprint density at radius 2 is 2.13 bits per heavy atom. The van der Waals surface area contributed by atoms with Crippen LogP contribution < -0.4 is 11.1 Å². The van der Waals surface area contributed by atoms with Crippen molar-refractivity contribution in [2.45, 2.75) is 12.3 Å². The topological polar surface area (TPSA) is 55.1 Å². The number of amides is 1. The third kappa shape index (κ3) is 1.65. The Kier molecular flexibility index (Phi) is 2.30. The van der Waals surface area contributed by atoms with E-state index in [2.05, 4.69) is 5.32 Å². The van der Waals surface area contributed by atoms with Crippen LogP contribution in [-0.2, 0) is 4.79 Å². The van der Waals surface area contributed by atoms with Crippen LogP contribution in [0.25, 0.3) is 0 Å². The first-order valence-electron chi connectivity index (χ1n) is 4.59. The molecule has 0 aromatic heterocycles. The van der Waals surface area contributed by atoms with Gasteiger partial charge < -0.3 is 11.1 Å². The zero-order valence-corrected chi connectivity index (χ0v) is 7.89. The van der Waals surface area contributed by atoms with E-state index in [9.17, 15) is 13.6 Å². The number of anilines is 1. The highest BCUT2D eigenvalue weighted by molar-refractivity contribution is 5.79. The molecule has 1 fully saturated rings. The molecule has 1 aromatic rings. The Bertz CT molecular complexity index is 420. The Morgan fingerprint density at radius 3 is 2.73 bits per heavy atom. The lowest BCUT2D eigenvalue weighted by Crippen LogP contribution is -2.14. The van der Waals surface area contributed by atoms with Crippen LogP contribution in [0, 0.1) is 11.6 Å². The van der Waals surface area contributed by atoms with E-state index >= 15 is 0 Å². The molecule has 0 aliphatic carbocycles. The summed E-state index contributed by atoms with van der Waals surface area (Å²) in [6.07, 6.45) is 0.224. The van der Waals surface area contributed by atoms with Crippen molar-refractivity contribution >= 4 is 11.6 Å². The van der Waals surface area contributed by atoms with Crippen molar-refractivity contribution in [2.75, 3.05) is 12.3 Å². The maximum absolute atomic E-state index is 13.5. The zero-order valence-electron chi connectivity index (χ0n) is 7.89. The highest BCUT2D eigenvalue weighted by Gasteiger charge is 2.26. The van der Waals surface area contributed by atoms with Gasteiger partial charge in [-0.05, 0) is 11.6 Å². The van der Waals surface area contributed by atoms with Gasteiger partial charge in [0.15, 0.2) is 5.82 Å².